The Labute approximate surface area is 149 Å². The number of carbonyl (C=O) groups is 1. The maximum atomic E-state index is 12.6. The zero-order chi connectivity index (χ0) is 18.4. The van der Waals surface area contributed by atoms with E-state index in [0.717, 1.165) is 0 Å². The van der Waals surface area contributed by atoms with Gasteiger partial charge < -0.3 is 14.8 Å². The topological polar surface area (TPSA) is 117 Å². The van der Waals surface area contributed by atoms with Gasteiger partial charge in [-0.15, -0.1) is 5.10 Å². The Bertz CT molecular complexity index is 883. The van der Waals surface area contributed by atoms with E-state index in [1.54, 1.807) is 24.3 Å². The molecule has 0 saturated heterocycles. The fourth-order valence-corrected chi connectivity index (χ4v) is 2.15. The van der Waals surface area contributed by atoms with Crippen LogP contribution in [0.4, 0.5) is 5.69 Å². The van der Waals surface area contributed by atoms with Crippen LogP contribution in [-0.2, 0) is 0 Å². The Kier molecular flexibility index (Phi) is 5.32. The molecule has 26 heavy (non-hydrogen) atoms. The highest BCUT2D eigenvalue weighted by molar-refractivity contribution is 6.05. The van der Waals surface area contributed by atoms with Crippen LogP contribution in [0.2, 0.25) is 0 Å². The molecular weight excluding hydrogens is 338 g/mol. The summed E-state index contributed by atoms with van der Waals surface area (Å²) in [4.78, 5) is 20.8. The Morgan fingerprint density at radius 2 is 2.08 bits per heavy atom. The number of hydrogen-bond acceptors (Lipinski definition) is 8. The second-order valence-electron chi connectivity index (χ2n) is 5.00. The molecule has 0 atom stereocenters. The minimum Gasteiger partial charge on any atom is -0.476 e. The van der Waals surface area contributed by atoms with Gasteiger partial charge in [-0.2, -0.15) is 4.98 Å². The molecule has 1 N–H and O–H groups in total. The lowest BCUT2D eigenvalue weighted by Gasteiger charge is -2.11. The quantitative estimate of drug-likeness (QED) is 0.677. The van der Waals surface area contributed by atoms with Gasteiger partial charge in [-0.3, -0.25) is 4.79 Å². The summed E-state index contributed by atoms with van der Waals surface area (Å²) in [7, 11) is 0. The van der Waals surface area contributed by atoms with Crippen molar-refractivity contribution < 1.29 is 14.3 Å². The van der Waals surface area contributed by atoms with Crippen LogP contribution in [0.15, 0.2) is 36.8 Å². The molecule has 0 unspecified atom stereocenters. The van der Waals surface area contributed by atoms with Gasteiger partial charge in [0.1, 0.15) is 12.0 Å². The summed E-state index contributed by atoms with van der Waals surface area (Å²) in [5.74, 6) is -0.0930. The fraction of sp³-hybridized carbons (Fsp3) is 0.250. The van der Waals surface area contributed by atoms with Gasteiger partial charge in [-0.25, -0.2) is 9.67 Å². The Morgan fingerprint density at radius 1 is 1.23 bits per heavy atom. The molecule has 1 amide bonds. The molecule has 2 heterocycles. The second kappa shape index (κ2) is 8.01. The Morgan fingerprint density at radius 3 is 2.81 bits per heavy atom. The molecule has 10 nitrogen and oxygen atoms in total. The molecule has 134 valence electrons. The van der Waals surface area contributed by atoms with Crippen LogP contribution in [0.3, 0.4) is 0 Å². The van der Waals surface area contributed by atoms with Gasteiger partial charge >= 0.3 is 6.01 Å². The highest BCUT2D eigenvalue weighted by Gasteiger charge is 2.14. The molecule has 3 rings (SSSR count). The monoisotopic (exact) mass is 355 g/mol. The summed E-state index contributed by atoms with van der Waals surface area (Å²) in [5.41, 5.74) is 1.44. The predicted molar refractivity (Wildman–Crippen MR) is 91.5 cm³/mol. The number of anilines is 1. The summed E-state index contributed by atoms with van der Waals surface area (Å²) in [5, 5.41) is 13.7. The van der Waals surface area contributed by atoms with Crippen molar-refractivity contribution >= 4 is 11.6 Å². The number of rotatable bonds is 7. The second-order valence-corrected chi connectivity index (χ2v) is 5.00. The predicted octanol–water partition coefficient (Wildman–Crippen LogP) is 1.50. The van der Waals surface area contributed by atoms with Gasteiger partial charge in [-0.05, 0) is 42.5 Å². The molecule has 10 heteroatoms. The molecule has 2 aromatic heterocycles. The summed E-state index contributed by atoms with van der Waals surface area (Å²) in [6, 6.07) is 7.07. The fourth-order valence-electron chi connectivity index (χ4n) is 2.15. The number of hydrogen-bond donors (Lipinski definition) is 1. The first-order valence-electron chi connectivity index (χ1n) is 7.98. The lowest BCUT2D eigenvalue weighted by Crippen LogP contribution is -2.15. The minimum absolute atomic E-state index is 0.189. The van der Waals surface area contributed by atoms with Gasteiger partial charge in [0, 0.05) is 5.56 Å². The van der Waals surface area contributed by atoms with E-state index in [1.165, 1.54) is 17.2 Å². The van der Waals surface area contributed by atoms with Crippen LogP contribution in [-0.4, -0.2) is 49.3 Å². The number of tetrazole rings is 1. The van der Waals surface area contributed by atoms with Gasteiger partial charge in [-0.1, -0.05) is 6.07 Å². The van der Waals surface area contributed by atoms with Gasteiger partial charge in [0.15, 0.2) is 0 Å². The van der Waals surface area contributed by atoms with E-state index in [-0.39, 0.29) is 17.8 Å². The first-order chi connectivity index (χ1) is 12.7. The van der Waals surface area contributed by atoms with Gasteiger partial charge in [0.25, 0.3) is 5.91 Å². The Balaban J connectivity index is 1.82. The van der Waals surface area contributed by atoms with E-state index in [1.807, 2.05) is 13.8 Å². The van der Waals surface area contributed by atoms with Crippen molar-refractivity contribution in [1.29, 1.82) is 0 Å². The molecule has 3 aromatic rings. The Hall–Kier alpha value is -3.56. The van der Waals surface area contributed by atoms with Crippen LogP contribution in [0, 0.1) is 0 Å². The minimum atomic E-state index is -0.339. The van der Waals surface area contributed by atoms with E-state index in [0.29, 0.717) is 30.2 Å². The average molecular weight is 355 g/mol. The van der Waals surface area contributed by atoms with Crippen LogP contribution in [0.5, 0.6) is 11.9 Å². The highest BCUT2D eigenvalue weighted by Crippen LogP contribution is 2.24. The van der Waals surface area contributed by atoms with Crippen molar-refractivity contribution in [3.8, 4) is 17.6 Å². The average Bonchev–Trinajstić information content (AvgIpc) is 3.19. The van der Waals surface area contributed by atoms with Crippen LogP contribution in [0.25, 0.3) is 5.69 Å². The van der Waals surface area contributed by atoms with Crippen molar-refractivity contribution in [3.05, 3.63) is 42.4 Å². The zero-order valence-corrected chi connectivity index (χ0v) is 14.3. The van der Waals surface area contributed by atoms with E-state index >= 15 is 0 Å². The molecule has 0 fully saturated rings. The number of carbonyl (C=O) groups excluding carboxylic acids is 1. The normalized spacial score (nSPS) is 10.4. The van der Waals surface area contributed by atoms with Crippen molar-refractivity contribution in [2.24, 2.45) is 0 Å². The molecule has 0 aliphatic heterocycles. The van der Waals surface area contributed by atoms with Crippen molar-refractivity contribution in [1.82, 2.24) is 30.2 Å². The standard InChI is InChI=1S/C16H17N7O3/c1-3-25-15-13(9-17-16(20-15)26-4-2)19-14(24)11-6-5-7-12(8-11)23-10-18-21-22-23/h5-10H,3-4H2,1-2H3,(H,19,24). The highest BCUT2D eigenvalue weighted by atomic mass is 16.5. The number of benzene rings is 1. The summed E-state index contributed by atoms with van der Waals surface area (Å²) in [6.07, 6.45) is 2.90. The van der Waals surface area contributed by atoms with Crippen molar-refractivity contribution in [2.45, 2.75) is 13.8 Å². The van der Waals surface area contributed by atoms with Crippen molar-refractivity contribution in [3.63, 3.8) is 0 Å². The third-order valence-corrected chi connectivity index (χ3v) is 3.26. The van der Waals surface area contributed by atoms with E-state index in [2.05, 4.69) is 30.8 Å². The number of aromatic nitrogens is 6. The third kappa shape index (κ3) is 3.91. The molecule has 0 spiro atoms. The SMILES string of the molecule is CCOc1ncc(NC(=O)c2cccc(-n3cnnn3)c2)c(OCC)n1. The van der Waals surface area contributed by atoms with E-state index in [9.17, 15) is 4.79 Å². The summed E-state index contributed by atoms with van der Waals surface area (Å²) >= 11 is 0. The molecular formula is C16H17N7O3. The van der Waals surface area contributed by atoms with E-state index in [4.69, 9.17) is 9.47 Å². The zero-order valence-electron chi connectivity index (χ0n) is 14.3. The lowest BCUT2D eigenvalue weighted by atomic mass is 10.2. The molecule has 0 aliphatic carbocycles. The first-order valence-corrected chi connectivity index (χ1v) is 7.98. The molecule has 0 bridgehead atoms. The molecule has 0 saturated carbocycles. The van der Waals surface area contributed by atoms with Gasteiger partial charge in [0.2, 0.25) is 5.88 Å². The number of amides is 1. The number of nitrogens with zero attached hydrogens (tertiary/aromatic N) is 6. The third-order valence-electron chi connectivity index (χ3n) is 3.26. The molecule has 0 radical (unpaired) electrons. The van der Waals surface area contributed by atoms with Gasteiger partial charge in [0.05, 0.1) is 25.1 Å². The maximum Gasteiger partial charge on any atom is 0.319 e. The largest absolute Gasteiger partial charge is 0.476 e. The van der Waals surface area contributed by atoms with Crippen LogP contribution in [0.1, 0.15) is 24.2 Å². The summed E-state index contributed by atoms with van der Waals surface area (Å²) < 4.78 is 12.2. The lowest BCUT2D eigenvalue weighted by molar-refractivity contribution is 0.102. The molecule has 0 aliphatic rings. The first kappa shape index (κ1) is 17.3. The maximum absolute atomic E-state index is 12.6. The number of ether oxygens (including phenoxy) is 2. The van der Waals surface area contributed by atoms with Crippen LogP contribution < -0.4 is 14.8 Å². The van der Waals surface area contributed by atoms with Crippen LogP contribution >= 0.6 is 0 Å². The number of nitrogens with one attached hydrogen (secondary N) is 1. The van der Waals surface area contributed by atoms with E-state index < -0.39 is 0 Å². The summed E-state index contributed by atoms with van der Waals surface area (Å²) in [6.45, 7) is 4.47. The molecule has 1 aromatic carbocycles. The smallest absolute Gasteiger partial charge is 0.319 e. The van der Waals surface area contributed by atoms with Crippen molar-refractivity contribution in [2.75, 3.05) is 18.5 Å².